The molecule has 0 saturated heterocycles. The van der Waals surface area contributed by atoms with Gasteiger partial charge in [-0.3, -0.25) is 42.5 Å². The number of nitrogens with zero attached hydrogens (tertiary/aromatic N) is 13. The third kappa shape index (κ3) is 65.9. The molecule has 1 unspecified atom stereocenters. The second kappa shape index (κ2) is 84.2. The van der Waals surface area contributed by atoms with E-state index in [2.05, 4.69) is 320 Å². The van der Waals surface area contributed by atoms with Crippen molar-refractivity contribution in [3.05, 3.63) is 344 Å². The van der Waals surface area contributed by atoms with Crippen LogP contribution in [0.2, 0.25) is 0 Å². The van der Waals surface area contributed by atoms with Gasteiger partial charge in [0.15, 0.2) is 0 Å². The summed E-state index contributed by atoms with van der Waals surface area (Å²) in [4.78, 5) is 80.7. The third-order valence-corrected chi connectivity index (χ3v) is 23.1. The van der Waals surface area contributed by atoms with Crippen LogP contribution in [0.5, 0.6) is 0 Å². The van der Waals surface area contributed by atoms with Crippen LogP contribution >= 0.6 is 7.82 Å². The maximum absolute atomic E-state index is 11.5. The molecule has 0 aliphatic carbocycles. The van der Waals surface area contributed by atoms with Gasteiger partial charge >= 0.3 is 24.9 Å². The zero-order valence-electron chi connectivity index (χ0n) is 96.9. The highest BCUT2D eigenvalue weighted by Gasteiger charge is 2.24. The molecule has 834 valence electrons. The Labute approximate surface area is 894 Å². The monoisotopic (exact) mass is 2090 g/mol. The highest BCUT2D eigenvalue weighted by atomic mass is 31.2. The van der Waals surface area contributed by atoms with E-state index in [1.807, 2.05) is 109 Å². The number of nitrogens with two attached hydrogens (primary N) is 1. The summed E-state index contributed by atoms with van der Waals surface area (Å²) in [5, 5.41) is 66.8. The third-order valence-electron chi connectivity index (χ3n) is 22.5. The largest absolute Gasteiger partial charge is 0.470 e. The molecule has 6 aromatic heterocycles. The molecule has 0 spiro atoms. The number of aliphatic hydroxyl groups excluding tert-OH is 5. The Morgan fingerprint density at radius 2 is 0.638 bits per heavy atom. The van der Waals surface area contributed by atoms with Crippen molar-refractivity contribution in [2.24, 2.45) is 33.9 Å². The van der Waals surface area contributed by atoms with E-state index in [1.54, 1.807) is 99.1 Å². The molecular formula is C118H193N16O14P. The maximum Gasteiger partial charge on any atom is 0.470 e. The van der Waals surface area contributed by atoms with Gasteiger partial charge in [-0.1, -0.05) is 366 Å². The van der Waals surface area contributed by atoms with Crippen LogP contribution in [0, 0.1) is 0 Å². The minimum absolute atomic E-state index is 0.00208. The minimum Gasteiger partial charge on any atom is -0.391 e. The Morgan fingerprint density at radius 1 is 0.369 bits per heavy atom. The highest BCUT2D eigenvalue weighted by Crippen LogP contribution is 2.41. The Kier molecular flexibility index (Phi) is 81.2. The average molecular weight is 2090 g/mol. The van der Waals surface area contributed by atoms with Gasteiger partial charge in [0.1, 0.15) is 24.5 Å². The lowest BCUT2D eigenvalue weighted by Gasteiger charge is -2.18. The molecule has 149 heavy (non-hydrogen) atoms. The number of aromatic nitrogens is 13. The van der Waals surface area contributed by atoms with Crippen LogP contribution < -0.4 is 33.4 Å². The number of hydrogen-bond acceptors (Lipinski definition) is 19. The van der Waals surface area contributed by atoms with Crippen LogP contribution in [-0.2, 0) is 46.9 Å². The van der Waals surface area contributed by atoms with E-state index < -0.39 is 44.4 Å². The van der Waals surface area contributed by atoms with E-state index in [4.69, 9.17) is 20.0 Å². The van der Waals surface area contributed by atoms with E-state index in [1.165, 1.54) is 112 Å². The van der Waals surface area contributed by atoms with Crippen molar-refractivity contribution in [2.45, 2.75) is 367 Å². The number of aliphatic hydroxyl groups is 5. The van der Waals surface area contributed by atoms with Crippen molar-refractivity contribution in [2.75, 3.05) is 7.05 Å². The number of benzene rings is 6. The van der Waals surface area contributed by atoms with E-state index >= 15 is 0 Å². The molecule has 2 amide bonds. The quantitative estimate of drug-likeness (QED) is 0.0214. The second-order valence-electron chi connectivity index (χ2n) is 37.6. The molecule has 12 aromatic rings. The molecule has 0 fully saturated rings. The lowest BCUT2D eigenvalue weighted by atomic mass is 10.0. The van der Waals surface area contributed by atoms with Crippen LogP contribution in [-0.4, -0.2) is 160 Å². The van der Waals surface area contributed by atoms with Crippen LogP contribution in [0.4, 0.5) is 0 Å². The Morgan fingerprint density at radius 3 is 0.792 bits per heavy atom. The Balaban J connectivity index is -0.000000759. The summed E-state index contributed by atoms with van der Waals surface area (Å²) in [5.41, 5.74) is 15.5. The van der Waals surface area contributed by atoms with Gasteiger partial charge in [0.2, 0.25) is 11.8 Å². The topological polar surface area (TPSA) is 415 Å². The fourth-order valence-corrected chi connectivity index (χ4v) is 13.7. The Bertz CT molecular complexity index is 4740. The molecule has 0 bridgehead atoms. The number of aryl methyl sites for hydroxylation is 4. The molecule has 0 saturated carbocycles. The number of pyridine rings is 2. The number of phosphoric acid groups is 1. The van der Waals surface area contributed by atoms with E-state index in [0.717, 1.165) is 19.3 Å². The normalized spacial score (nSPS) is 12.6. The predicted molar refractivity (Wildman–Crippen MR) is 615 cm³/mol. The van der Waals surface area contributed by atoms with Gasteiger partial charge in [-0.2, -0.15) is 10.2 Å². The number of hydrogen-bond donors (Lipinski definition) is 10. The van der Waals surface area contributed by atoms with Gasteiger partial charge in [0, 0.05) is 78.7 Å². The van der Waals surface area contributed by atoms with Gasteiger partial charge < -0.3 is 56.3 Å². The number of carbonyl (C=O) groups excluding carboxylic acids is 2. The molecule has 11 atom stereocenters. The lowest BCUT2D eigenvalue weighted by molar-refractivity contribution is -0.122. The van der Waals surface area contributed by atoms with Crippen LogP contribution in [0.3, 0.4) is 0 Å². The number of nitrogens with one attached hydrogen (secondary N) is 2. The fraction of sp³-hybridized carbons (Fsp3) is 0.517. The molecular weight excluding hydrogens is 1900 g/mol. The fourth-order valence-electron chi connectivity index (χ4n) is 13.2. The van der Waals surface area contributed by atoms with Gasteiger partial charge in [0.05, 0.1) is 66.9 Å². The van der Waals surface area contributed by atoms with Crippen molar-refractivity contribution in [1.82, 2.24) is 73.4 Å². The minimum atomic E-state index is -4.46. The first-order chi connectivity index (χ1) is 70.2. The summed E-state index contributed by atoms with van der Waals surface area (Å²) < 4.78 is 24.8. The summed E-state index contributed by atoms with van der Waals surface area (Å²) in [6.07, 6.45) is 16.1. The summed E-state index contributed by atoms with van der Waals surface area (Å²) in [7, 11) is 3.68. The first-order valence-electron chi connectivity index (χ1n) is 52.4. The van der Waals surface area contributed by atoms with Gasteiger partial charge in [0.25, 0.3) is 0 Å². The zero-order valence-corrected chi connectivity index (χ0v) is 97.8. The van der Waals surface area contributed by atoms with E-state index in [0.29, 0.717) is 72.3 Å². The summed E-state index contributed by atoms with van der Waals surface area (Å²) in [6.45, 7) is 61.9. The predicted octanol–water partition coefficient (Wildman–Crippen LogP) is 23.2. The molecule has 0 radical (unpaired) electrons. The van der Waals surface area contributed by atoms with Crippen molar-refractivity contribution in [1.29, 1.82) is 0 Å². The second-order valence-corrected chi connectivity index (χ2v) is 38.8. The van der Waals surface area contributed by atoms with Gasteiger partial charge in [-0.05, 0) is 185 Å². The van der Waals surface area contributed by atoms with Crippen molar-refractivity contribution in [3.8, 4) is 0 Å². The van der Waals surface area contributed by atoms with Crippen LogP contribution in [0.15, 0.2) is 277 Å². The standard InChI is InChI=1S/C9H16N2O2.6C9H12.2C8H15N3O2.C8H17NO2.2C8H11N.C7H15NO2.C5H10N3O4P.C2H6.CH5N/c1-4-8(7(2)12)11-6-5-10(3)9(11)13;6*1-8(2)9-6-4-3-5-7-9;2*1-4-7(6(2)12)11-8(13)10(3)5-9-11;1-4-7(6(3)10)9-8(11)5-2;2*1-7(2)8-4-3-5-9-6-8;1-4-7(5(2)9)8-6(3)10;1-4(12-13(9,10)11)5-3-8(2)7-6-5;2*1-2/h5-8,12H,4H2,1-3H3;6*3-8H,1-2H3;2*5-7,12H,4H2,1-3H3;6-7,10H,4-5H2,1-3H3,(H,9,11);2*3-7H,1-2H3;5,7,9H,4H2,1-3H3,(H,8,10);3-4H,1-2H3,(H2,9,10,11);1-2H3;2H2,1H3/t7-,8+;;;;;;;2*6-,7+;6-,7-;;;5-,7-;;;/m1......110..0.../s1. The van der Waals surface area contributed by atoms with Crippen LogP contribution in [0.1, 0.15) is 375 Å². The molecule has 11 N–H and O–H groups in total. The number of phosphoric ester groups is 1. The van der Waals surface area contributed by atoms with Crippen molar-refractivity contribution in [3.63, 3.8) is 0 Å². The van der Waals surface area contributed by atoms with Crippen molar-refractivity contribution < 1.29 is 54.0 Å². The first-order valence-corrected chi connectivity index (χ1v) is 53.9. The molecule has 6 aromatic carbocycles. The molecule has 6 heterocycles. The smallest absolute Gasteiger partial charge is 0.391 e. The lowest BCUT2D eigenvalue weighted by Crippen LogP contribution is -2.41. The van der Waals surface area contributed by atoms with E-state index in [-0.39, 0.29) is 59.1 Å². The van der Waals surface area contributed by atoms with Crippen molar-refractivity contribution >= 4 is 19.6 Å². The SMILES string of the molecule is CC.CC(C)c1ccccc1.CC(C)c1ccccc1.CC(C)c1ccccc1.CC(C)c1ccccc1.CC(C)c1ccccc1.CC(C)c1ccccc1.CC(C)c1cccnc1.CC(C)c1cccnc1.CC(OP(=O)(O)O)c1cn(C)nn1.CCC(=O)N[C@@H](CC)[C@H](C)O.CC[C@@H]([C@@H](C)O)n1ccn(C)c1=O.CC[C@@H]([C@@H](C)O)n1ncn(C)c1=O.CC[C@@H]([C@@H](C)O)n1ncn(C)c1=O.CC[C@H](NC(C)=O)[C@H](C)O.CN. The summed E-state index contributed by atoms with van der Waals surface area (Å²) >= 11 is 0. The maximum atomic E-state index is 11.5. The average Bonchev–Trinajstić information content (AvgIpc) is 1.71. The number of rotatable bonds is 27. The Hall–Kier alpha value is -11.5. The molecule has 30 nitrogen and oxygen atoms in total. The molecule has 0 aliphatic rings. The number of amides is 2. The van der Waals surface area contributed by atoms with Crippen LogP contribution in [0.25, 0.3) is 0 Å². The molecule has 0 aliphatic heterocycles. The number of imidazole rings is 1. The molecule has 12 rings (SSSR count). The first kappa shape index (κ1) is 144. The zero-order chi connectivity index (χ0) is 115. The number of carbonyl (C=O) groups is 2. The summed E-state index contributed by atoms with van der Waals surface area (Å²) in [5.74, 6) is 5.05. The summed E-state index contributed by atoms with van der Waals surface area (Å²) in [6, 6.07) is 70.5. The molecule has 31 heteroatoms. The van der Waals surface area contributed by atoms with E-state index in [9.17, 15) is 43.9 Å². The van der Waals surface area contributed by atoms with Gasteiger partial charge in [-0.25, -0.2) is 28.3 Å². The highest BCUT2D eigenvalue weighted by molar-refractivity contribution is 7.46. The van der Waals surface area contributed by atoms with Gasteiger partial charge in [-0.15, -0.1) is 5.10 Å².